The predicted molar refractivity (Wildman–Crippen MR) is 65.8 cm³/mol. The smallest absolute Gasteiger partial charge is 0.239 e. The minimum Gasteiger partial charge on any atom is -0.341 e. The molecule has 2 heterocycles. The molecule has 100 valence electrons. The monoisotopic (exact) mass is 252 g/mol. The third kappa shape index (κ3) is 2.87. The maximum atomic E-state index is 12.2. The highest BCUT2D eigenvalue weighted by atomic mass is 16.5. The second-order valence-electron chi connectivity index (χ2n) is 4.85. The quantitative estimate of drug-likeness (QED) is 0.794. The van der Waals surface area contributed by atoms with Crippen LogP contribution in [0.3, 0.4) is 0 Å². The minimum absolute atomic E-state index is 0.151. The molecule has 0 saturated carbocycles. The molecular weight excluding hydrogens is 232 g/mol. The number of amides is 1. The fourth-order valence-corrected chi connectivity index (χ4v) is 2.16. The van der Waals surface area contributed by atoms with Crippen LogP contribution in [-0.4, -0.2) is 52.0 Å². The first-order chi connectivity index (χ1) is 8.58. The Morgan fingerprint density at radius 3 is 2.72 bits per heavy atom. The van der Waals surface area contributed by atoms with Crippen LogP contribution in [-0.2, 0) is 11.3 Å². The number of likely N-dealkylation sites (N-methyl/N-ethyl adjacent to an activating group) is 1. The van der Waals surface area contributed by atoms with E-state index in [1.165, 1.54) is 0 Å². The summed E-state index contributed by atoms with van der Waals surface area (Å²) in [7, 11) is 1.91. The van der Waals surface area contributed by atoms with Crippen molar-refractivity contribution in [3.05, 3.63) is 11.7 Å². The van der Waals surface area contributed by atoms with Gasteiger partial charge in [-0.2, -0.15) is 4.98 Å². The summed E-state index contributed by atoms with van der Waals surface area (Å²) in [6.45, 7) is 5.98. The topological polar surface area (TPSA) is 62.5 Å². The molecule has 0 unspecified atom stereocenters. The molecule has 18 heavy (non-hydrogen) atoms. The first kappa shape index (κ1) is 13.0. The Kier molecular flexibility index (Phi) is 3.96. The molecule has 0 radical (unpaired) electrons. The van der Waals surface area contributed by atoms with Gasteiger partial charge in [-0.1, -0.05) is 5.16 Å². The summed E-state index contributed by atoms with van der Waals surface area (Å²) in [5, 5.41) is 3.84. The SMILES string of the molecule is Cc1nc(CN(C)[C@@H](C)C(=O)N2CCCC2)no1. The van der Waals surface area contributed by atoms with E-state index in [1.807, 2.05) is 23.8 Å². The van der Waals surface area contributed by atoms with E-state index in [4.69, 9.17) is 4.52 Å². The Morgan fingerprint density at radius 2 is 2.17 bits per heavy atom. The standard InChI is InChI=1S/C12H20N4O2/c1-9(12(17)16-6-4-5-7-16)15(3)8-11-13-10(2)18-14-11/h9H,4-8H2,1-3H3/t9-/m0/s1. The Morgan fingerprint density at radius 1 is 1.50 bits per heavy atom. The number of nitrogens with zero attached hydrogens (tertiary/aromatic N) is 4. The van der Waals surface area contributed by atoms with Gasteiger partial charge in [0, 0.05) is 20.0 Å². The Labute approximate surface area is 107 Å². The highest BCUT2D eigenvalue weighted by molar-refractivity contribution is 5.81. The summed E-state index contributed by atoms with van der Waals surface area (Å²) in [6, 6.07) is -0.151. The molecule has 1 atom stereocenters. The number of aryl methyl sites for hydroxylation is 1. The predicted octanol–water partition coefficient (Wildman–Crippen LogP) is 0.821. The third-order valence-electron chi connectivity index (χ3n) is 3.40. The van der Waals surface area contributed by atoms with Gasteiger partial charge in [-0.05, 0) is 26.8 Å². The molecule has 1 amide bonds. The zero-order chi connectivity index (χ0) is 13.1. The molecule has 0 N–H and O–H groups in total. The third-order valence-corrected chi connectivity index (χ3v) is 3.40. The molecule has 1 aromatic rings. The zero-order valence-electron chi connectivity index (χ0n) is 11.2. The number of hydrogen-bond donors (Lipinski definition) is 0. The van der Waals surface area contributed by atoms with E-state index in [1.54, 1.807) is 6.92 Å². The molecule has 1 aliphatic heterocycles. The van der Waals surface area contributed by atoms with Crippen molar-refractivity contribution < 1.29 is 9.32 Å². The molecule has 1 fully saturated rings. The van der Waals surface area contributed by atoms with Gasteiger partial charge in [0.25, 0.3) is 0 Å². The van der Waals surface area contributed by atoms with Crippen molar-refractivity contribution >= 4 is 5.91 Å². The van der Waals surface area contributed by atoms with Crippen LogP contribution in [0.2, 0.25) is 0 Å². The van der Waals surface area contributed by atoms with Gasteiger partial charge < -0.3 is 9.42 Å². The van der Waals surface area contributed by atoms with Crippen LogP contribution >= 0.6 is 0 Å². The van der Waals surface area contributed by atoms with E-state index in [0.717, 1.165) is 25.9 Å². The number of aromatic nitrogens is 2. The molecule has 0 aromatic carbocycles. The second-order valence-corrected chi connectivity index (χ2v) is 4.85. The highest BCUT2D eigenvalue weighted by Gasteiger charge is 2.26. The fraction of sp³-hybridized carbons (Fsp3) is 0.750. The fourth-order valence-electron chi connectivity index (χ4n) is 2.16. The van der Waals surface area contributed by atoms with Crippen LogP contribution in [0.15, 0.2) is 4.52 Å². The van der Waals surface area contributed by atoms with Crippen molar-refractivity contribution in [2.45, 2.75) is 39.3 Å². The lowest BCUT2D eigenvalue weighted by Crippen LogP contribution is -2.44. The van der Waals surface area contributed by atoms with Crippen molar-refractivity contribution in [3.8, 4) is 0 Å². The second kappa shape index (κ2) is 5.48. The molecule has 0 aliphatic carbocycles. The van der Waals surface area contributed by atoms with Crippen LogP contribution in [0.25, 0.3) is 0 Å². The Bertz CT molecular complexity index is 412. The lowest BCUT2D eigenvalue weighted by Gasteiger charge is -2.26. The van der Waals surface area contributed by atoms with Crippen molar-refractivity contribution in [1.29, 1.82) is 0 Å². The van der Waals surface area contributed by atoms with Gasteiger partial charge in [0.1, 0.15) is 0 Å². The highest BCUT2D eigenvalue weighted by Crippen LogP contribution is 2.12. The Hall–Kier alpha value is -1.43. The summed E-state index contributed by atoms with van der Waals surface area (Å²) >= 11 is 0. The number of hydrogen-bond acceptors (Lipinski definition) is 5. The molecule has 2 rings (SSSR count). The van der Waals surface area contributed by atoms with Crippen molar-refractivity contribution in [2.24, 2.45) is 0 Å². The van der Waals surface area contributed by atoms with E-state index < -0.39 is 0 Å². The summed E-state index contributed by atoms with van der Waals surface area (Å²) in [4.78, 5) is 20.2. The van der Waals surface area contributed by atoms with Crippen molar-refractivity contribution in [1.82, 2.24) is 19.9 Å². The maximum Gasteiger partial charge on any atom is 0.239 e. The van der Waals surface area contributed by atoms with Gasteiger partial charge in [-0.15, -0.1) is 0 Å². The van der Waals surface area contributed by atoms with Gasteiger partial charge in [-0.25, -0.2) is 0 Å². The molecule has 6 nitrogen and oxygen atoms in total. The van der Waals surface area contributed by atoms with E-state index in [0.29, 0.717) is 18.3 Å². The van der Waals surface area contributed by atoms with Crippen LogP contribution in [0.5, 0.6) is 0 Å². The molecular formula is C12H20N4O2. The first-order valence-corrected chi connectivity index (χ1v) is 6.36. The van der Waals surface area contributed by atoms with Crippen LogP contribution in [0, 0.1) is 6.92 Å². The van der Waals surface area contributed by atoms with E-state index >= 15 is 0 Å². The summed E-state index contributed by atoms with van der Waals surface area (Å²) in [5.41, 5.74) is 0. The lowest BCUT2D eigenvalue weighted by atomic mass is 10.2. The number of likely N-dealkylation sites (tertiary alicyclic amines) is 1. The normalized spacial score (nSPS) is 17.4. The van der Waals surface area contributed by atoms with E-state index in [9.17, 15) is 4.79 Å². The average molecular weight is 252 g/mol. The van der Waals surface area contributed by atoms with Gasteiger partial charge in [0.2, 0.25) is 11.8 Å². The summed E-state index contributed by atoms with van der Waals surface area (Å²) in [6.07, 6.45) is 2.23. The van der Waals surface area contributed by atoms with Crippen molar-refractivity contribution in [3.63, 3.8) is 0 Å². The van der Waals surface area contributed by atoms with Gasteiger partial charge in [0.15, 0.2) is 5.82 Å². The van der Waals surface area contributed by atoms with Crippen LogP contribution in [0.4, 0.5) is 0 Å². The van der Waals surface area contributed by atoms with E-state index in [2.05, 4.69) is 10.1 Å². The van der Waals surface area contributed by atoms with Gasteiger partial charge in [0.05, 0.1) is 12.6 Å². The van der Waals surface area contributed by atoms with Crippen molar-refractivity contribution in [2.75, 3.05) is 20.1 Å². The number of carbonyl (C=O) groups excluding carboxylic acids is 1. The molecule has 6 heteroatoms. The van der Waals surface area contributed by atoms with Crippen LogP contribution in [0.1, 0.15) is 31.5 Å². The molecule has 1 saturated heterocycles. The molecule has 0 bridgehead atoms. The van der Waals surface area contributed by atoms with Crippen LogP contribution < -0.4 is 0 Å². The van der Waals surface area contributed by atoms with Gasteiger partial charge >= 0.3 is 0 Å². The maximum absolute atomic E-state index is 12.2. The van der Waals surface area contributed by atoms with E-state index in [-0.39, 0.29) is 11.9 Å². The molecule has 1 aromatic heterocycles. The molecule has 0 spiro atoms. The molecule has 1 aliphatic rings. The number of rotatable bonds is 4. The number of carbonyl (C=O) groups is 1. The van der Waals surface area contributed by atoms with Gasteiger partial charge in [-0.3, -0.25) is 9.69 Å². The lowest BCUT2D eigenvalue weighted by molar-refractivity contribution is -0.135. The Balaban J connectivity index is 1.91. The zero-order valence-corrected chi connectivity index (χ0v) is 11.2. The summed E-state index contributed by atoms with van der Waals surface area (Å²) in [5.74, 6) is 1.36. The first-order valence-electron chi connectivity index (χ1n) is 6.36. The average Bonchev–Trinajstić information content (AvgIpc) is 2.98. The largest absolute Gasteiger partial charge is 0.341 e. The summed E-state index contributed by atoms with van der Waals surface area (Å²) < 4.78 is 4.92. The minimum atomic E-state index is -0.151.